The number of benzene rings is 1. The van der Waals surface area contributed by atoms with Crippen LogP contribution in [-0.4, -0.2) is 11.5 Å². The molecule has 0 spiro atoms. The van der Waals surface area contributed by atoms with Gasteiger partial charge in [-0.1, -0.05) is 17.7 Å². The summed E-state index contributed by atoms with van der Waals surface area (Å²) < 4.78 is 0. The summed E-state index contributed by atoms with van der Waals surface area (Å²) in [5.41, 5.74) is 2.93. The number of aromatic nitrogens is 1. The van der Waals surface area contributed by atoms with Gasteiger partial charge in [-0.2, -0.15) is 0 Å². The molecule has 2 aliphatic carbocycles. The van der Waals surface area contributed by atoms with Gasteiger partial charge in [-0.15, -0.1) is 0 Å². The Kier molecular flexibility index (Phi) is 2.97. The Labute approximate surface area is 124 Å². The second kappa shape index (κ2) is 4.71. The molecule has 20 heavy (non-hydrogen) atoms. The summed E-state index contributed by atoms with van der Waals surface area (Å²) in [6.45, 7) is 2.05. The van der Waals surface area contributed by atoms with Gasteiger partial charge in [0.25, 0.3) is 0 Å². The summed E-state index contributed by atoms with van der Waals surface area (Å²) in [5, 5.41) is 5.49. The van der Waals surface area contributed by atoms with Gasteiger partial charge in [0.2, 0.25) is 0 Å². The highest BCUT2D eigenvalue weighted by Crippen LogP contribution is 2.60. The van der Waals surface area contributed by atoms with Crippen molar-refractivity contribution in [2.45, 2.75) is 32.2 Å². The van der Waals surface area contributed by atoms with E-state index in [2.05, 4.69) is 16.4 Å². The van der Waals surface area contributed by atoms with Gasteiger partial charge >= 0.3 is 0 Å². The van der Waals surface area contributed by atoms with E-state index in [1.54, 1.807) is 0 Å². The van der Waals surface area contributed by atoms with Gasteiger partial charge in [0.15, 0.2) is 0 Å². The number of nitrogens with zero attached hydrogens (tertiary/aromatic N) is 1. The van der Waals surface area contributed by atoms with Crippen LogP contribution in [-0.2, 0) is 6.54 Å². The Bertz CT molecular complexity index is 644. The Morgan fingerprint density at radius 1 is 1.25 bits per heavy atom. The van der Waals surface area contributed by atoms with Crippen molar-refractivity contribution in [2.24, 2.45) is 11.3 Å². The molecule has 0 atom stereocenters. The first-order chi connectivity index (χ1) is 9.78. The largest absolute Gasteiger partial charge is 0.312 e. The van der Waals surface area contributed by atoms with Crippen LogP contribution in [0.25, 0.3) is 10.9 Å². The maximum Gasteiger partial charge on any atom is 0.0761 e. The van der Waals surface area contributed by atoms with Crippen LogP contribution in [0.15, 0.2) is 30.5 Å². The van der Waals surface area contributed by atoms with E-state index in [-0.39, 0.29) is 0 Å². The third-order valence-electron chi connectivity index (χ3n) is 4.93. The summed E-state index contributed by atoms with van der Waals surface area (Å²) in [4.78, 5) is 4.50. The van der Waals surface area contributed by atoms with Crippen LogP contribution in [0.5, 0.6) is 0 Å². The molecule has 3 heteroatoms. The number of pyridine rings is 1. The molecule has 104 valence electrons. The topological polar surface area (TPSA) is 24.9 Å². The molecule has 0 aliphatic heterocycles. The minimum atomic E-state index is 0.648. The molecule has 4 rings (SSSR count). The number of hydrogen-bond donors (Lipinski definition) is 1. The molecule has 0 bridgehead atoms. The molecular weight excluding hydrogens is 268 g/mol. The molecule has 2 fully saturated rings. The van der Waals surface area contributed by atoms with Crippen molar-refractivity contribution >= 4 is 22.5 Å². The molecule has 0 radical (unpaired) electrons. The van der Waals surface area contributed by atoms with E-state index in [1.165, 1.54) is 31.2 Å². The monoisotopic (exact) mass is 286 g/mol. The minimum absolute atomic E-state index is 0.648. The Morgan fingerprint density at radius 2 is 2.10 bits per heavy atom. The fourth-order valence-corrected chi connectivity index (χ4v) is 3.59. The highest BCUT2D eigenvalue weighted by molar-refractivity contribution is 6.35. The lowest BCUT2D eigenvalue weighted by atomic mass is 10.0. The lowest BCUT2D eigenvalue weighted by Crippen LogP contribution is -2.25. The maximum atomic E-state index is 6.24. The zero-order valence-electron chi connectivity index (χ0n) is 11.5. The van der Waals surface area contributed by atoms with E-state index < -0.39 is 0 Å². The van der Waals surface area contributed by atoms with Gasteiger partial charge in [-0.25, -0.2) is 0 Å². The van der Waals surface area contributed by atoms with Crippen molar-refractivity contribution in [3.05, 3.63) is 41.0 Å². The van der Waals surface area contributed by atoms with Crippen molar-refractivity contribution in [2.75, 3.05) is 6.54 Å². The van der Waals surface area contributed by atoms with Crippen LogP contribution in [0, 0.1) is 11.3 Å². The molecule has 0 unspecified atom stereocenters. The zero-order chi connectivity index (χ0) is 13.6. The van der Waals surface area contributed by atoms with E-state index in [1.807, 2.05) is 24.4 Å². The minimum Gasteiger partial charge on any atom is -0.312 e. The summed E-state index contributed by atoms with van der Waals surface area (Å²) in [5.74, 6) is 1.01. The van der Waals surface area contributed by atoms with Crippen molar-refractivity contribution in [1.82, 2.24) is 10.3 Å². The second-order valence-corrected chi connectivity index (χ2v) is 6.75. The first-order valence-corrected chi connectivity index (χ1v) is 7.89. The van der Waals surface area contributed by atoms with E-state index in [0.717, 1.165) is 34.9 Å². The maximum absolute atomic E-state index is 6.24. The third-order valence-corrected chi connectivity index (χ3v) is 5.26. The summed E-state index contributed by atoms with van der Waals surface area (Å²) in [6, 6.07) is 8.07. The summed E-state index contributed by atoms with van der Waals surface area (Å²) >= 11 is 6.24. The van der Waals surface area contributed by atoms with Gasteiger partial charge in [-0.05, 0) is 60.8 Å². The highest BCUT2D eigenvalue weighted by atomic mass is 35.5. The van der Waals surface area contributed by atoms with Crippen LogP contribution >= 0.6 is 11.6 Å². The van der Waals surface area contributed by atoms with Gasteiger partial charge in [0.1, 0.15) is 0 Å². The molecule has 1 aromatic carbocycles. The molecule has 2 aromatic rings. The van der Waals surface area contributed by atoms with Crippen LogP contribution < -0.4 is 5.32 Å². The predicted octanol–water partition coefficient (Wildman–Crippen LogP) is 4.17. The molecule has 2 aliphatic rings. The number of hydrogen-bond acceptors (Lipinski definition) is 2. The van der Waals surface area contributed by atoms with E-state index in [4.69, 9.17) is 11.6 Å². The van der Waals surface area contributed by atoms with Crippen LogP contribution in [0.4, 0.5) is 0 Å². The quantitative estimate of drug-likeness (QED) is 0.892. The number of rotatable bonds is 5. The van der Waals surface area contributed by atoms with Gasteiger partial charge < -0.3 is 5.32 Å². The Morgan fingerprint density at radius 3 is 2.85 bits per heavy atom. The first kappa shape index (κ1) is 12.6. The average molecular weight is 287 g/mol. The fraction of sp³-hybridized carbons (Fsp3) is 0.471. The van der Waals surface area contributed by atoms with Crippen molar-refractivity contribution < 1.29 is 0 Å². The zero-order valence-corrected chi connectivity index (χ0v) is 12.3. The highest BCUT2D eigenvalue weighted by Gasteiger charge is 2.53. The molecule has 2 nitrogen and oxygen atoms in total. The van der Waals surface area contributed by atoms with E-state index >= 15 is 0 Å². The van der Waals surface area contributed by atoms with Gasteiger partial charge in [-0.3, -0.25) is 4.98 Å². The number of fused-ring (bicyclic) bond motifs is 1. The fourth-order valence-electron chi connectivity index (χ4n) is 3.37. The molecule has 1 heterocycles. The summed E-state index contributed by atoms with van der Waals surface area (Å²) in [7, 11) is 0. The number of nitrogens with one attached hydrogen (secondary N) is 1. The van der Waals surface area contributed by atoms with Crippen LogP contribution in [0.3, 0.4) is 0 Å². The molecule has 2 saturated carbocycles. The van der Waals surface area contributed by atoms with Crippen molar-refractivity contribution in [1.29, 1.82) is 0 Å². The average Bonchev–Trinajstić information content (AvgIpc) is 3.35. The smallest absolute Gasteiger partial charge is 0.0761 e. The lowest BCUT2D eigenvalue weighted by Gasteiger charge is -2.15. The van der Waals surface area contributed by atoms with Crippen molar-refractivity contribution in [3.8, 4) is 0 Å². The van der Waals surface area contributed by atoms with Gasteiger partial charge in [0, 0.05) is 29.7 Å². The molecular formula is C17H19ClN2. The van der Waals surface area contributed by atoms with Gasteiger partial charge in [0.05, 0.1) is 5.52 Å². The SMILES string of the molecule is Clc1ccc(CNCC2(C3CC3)CC2)c2ncccc12. The number of halogens is 1. The summed E-state index contributed by atoms with van der Waals surface area (Å²) in [6.07, 6.45) is 7.59. The Balaban J connectivity index is 1.50. The second-order valence-electron chi connectivity index (χ2n) is 6.35. The normalized spacial score (nSPS) is 20.2. The molecule has 0 saturated heterocycles. The van der Waals surface area contributed by atoms with Crippen LogP contribution in [0.1, 0.15) is 31.2 Å². The Hall–Kier alpha value is -1.12. The lowest BCUT2D eigenvalue weighted by molar-refractivity contribution is 0.404. The third kappa shape index (κ3) is 2.21. The van der Waals surface area contributed by atoms with Crippen LogP contribution in [0.2, 0.25) is 5.02 Å². The standard InChI is InChI=1S/C17H19ClN2/c18-15-6-3-12(16-14(15)2-1-9-20-16)10-19-11-17(7-8-17)13-4-5-13/h1-3,6,9,13,19H,4-5,7-8,10-11H2. The predicted molar refractivity (Wildman–Crippen MR) is 82.9 cm³/mol. The molecule has 0 amide bonds. The molecule has 1 aromatic heterocycles. The van der Waals surface area contributed by atoms with Crippen molar-refractivity contribution in [3.63, 3.8) is 0 Å². The first-order valence-electron chi connectivity index (χ1n) is 7.51. The van der Waals surface area contributed by atoms with E-state index in [9.17, 15) is 0 Å². The molecule has 1 N–H and O–H groups in total. The van der Waals surface area contributed by atoms with E-state index in [0.29, 0.717) is 5.41 Å².